The van der Waals surface area contributed by atoms with Crippen LogP contribution in [-0.4, -0.2) is 50.0 Å². The van der Waals surface area contributed by atoms with Crippen LogP contribution in [0.4, 0.5) is 5.69 Å². The third-order valence-corrected chi connectivity index (χ3v) is 7.64. The third kappa shape index (κ3) is 9.13. The molecule has 0 aliphatic heterocycles. The first-order chi connectivity index (χ1) is 16.4. The summed E-state index contributed by atoms with van der Waals surface area (Å²) in [6.45, 7) is 5.99. The van der Waals surface area contributed by atoms with Gasteiger partial charge in [-0.25, -0.2) is 8.42 Å². The van der Waals surface area contributed by atoms with Crippen molar-refractivity contribution in [3.8, 4) is 0 Å². The highest BCUT2D eigenvalue weighted by Gasteiger charge is 2.27. The van der Waals surface area contributed by atoms with Gasteiger partial charge in [0.1, 0.15) is 6.04 Å². The van der Waals surface area contributed by atoms with Gasteiger partial charge in [-0.15, -0.1) is 0 Å². The molecule has 0 unspecified atom stereocenters. The fourth-order valence-corrected chi connectivity index (χ4v) is 4.88. The van der Waals surface area contributed by atoms with E-state index in [4.69, 9.17) is 11.6 Å². The van der Waals surface area contributed by atoms with Gasteiger partial charge >= 0.3 is 0 Å². The van der Waals surface area contributed by atoms with E-state index in [1.165, 1.54) is 4.31 Å². The largest absolute Gasteiger partial charge is 0.352 e. The number of nitrogens with zero attached hydrogens (tertiary/aromatic N) is 2. The lowest BCUT2D eigenvalue weighted by Gasteiger charge is -2.30. The number of anilines is 1. The summed E-state index contributed by atoms with van der Waals surface area (Å²) in [6.07, 6.45) is 2.28. The Bertz CT molecular complexity index is 1110. The molecule has 1 N–H and O–H groups in total. The Hall–Kier alpha value is -2.10. The Kier molecular flexibility index (Phi) is 11.0. The fraction of sp³-hybridized carbons (Fsp3) is 0.440. The summed E-state index contributed by atoms with van der Waals surface area (Å²) in [5.41, 5.74) is 1.34. The van der Waals surface area contributed by atoms with Gasteiger partial charge < -0.3 is 10.2 Å². The number of carbonyl (C=O) groups excluding carboxylic acids is 2. The predicted molar refractivity (Wildman–Crippen MR) is 145 cm³/mol. The number of nitrogens with one attached hydrogen (secondary N) is 1. The smallest absolute Gasteiger partial charge is 0.242 e. The SMILES string of the molecule is CC[C@@H](C)NC(=O)[C@H](C)N(Cc1ccc(Br)cc1)C(=O)CCCN(c1cccc(Cl)c1)S(C)(=O)=O. The van der Waals surface area contributed by atoms with Gasteiger partial charge in [-0.1, -0.05) is 52.7 Å². The molecule has 2 aromatic rings. The summed E-state index contributed by atoms with van der Waals surface area (Å²) < 4.78 is 26.9. The molecule has 0 heterocycles. The molecule has 35 heavy (non-hydrogen) atoms. The number of amides is 2. The number of hydrogen-bond donors (Lipinski definition) is 1. The summed E-state index contributed by atoms with van der Waals surface area (Å²) in [6, 6.07) is 13.5. The number of sulfonamides is 1. The van der Waals surface area contributed by atoms with Crippen LogP contribution in [0, 0.1) is 0 Å². The maximum absolute atomic E-state index is 13.3. The van der Waals surface area contributed by atoms with Gasteiger partial charge in [0.15, 0.2) is 0 Å². The van der Waals surface area contributed by atoms with Crippen LogP contribution in [0.5, 0.6) is 0 Å². The lowest BCUT2D eigenvalue weighted by molar-refractivity contribution is -0.140. The molecule has 0 bridgehead atoms. The van der Waals surface area contributed by atoms with Crippen molar-refractivity contribution in [2.45, 2.75) is 58.7 Å². The minimum absolute atomic E-state index is 0.00408. The van der Waals surface area contributed by atoms with Crippen molar-refractivity contribution in [1.82, 2.24) is 10.2 Å². The molecule has 0 aliphatic rings. The number of carbonyl (C=O) groups is 2. The van der Waals surface area contributed by atoms with Crippen molar-refractivity contribution in [3.05, 3.63) is 63.6 Å². The molecule has 0 saturated heterocycles. The Morgan fingerprint density at radius 2 is 1.77 bits per heavy atom. The molecular formula is C25H33BrClN3O4S. The highest BCUT2D eigenvalue weighted by molar-refractivity contribution is 9.10. The topological polar surface area (TPSA) is 86.8 Å². The zero-order valence-electron chi connectivity index (χ0n) is 20.5. The van der Waals surface area contributed by atoms with Crippen molar-refractivity contribution < 1.29 is 18.0 Å². The van der Waals surface area contributed by atoms with E-state index in [0.717, 1.165) is 22.7 Å². The lowest BCUT2D eigenvalue weighted by atomic mass is 10.1. The van der Waals surface area contributed by atoms with Gasteiger partial charge in [0.05, 0.1) is 11.9 Å². The van der Waals surface area contributed by atoms with Crippen molar-refractivity contribution in [2.75, 3.05) is 17.1 Å². The van der Waals surface area contributed by atoms with Crippen LogP contribution in [0.25, 0.3) is 0 Å². The second-order valence-corrected chi connectivity index (χ2v) is 11.8. The predicted octanol–water partition coefficient (Wildman–Crippen LogP) is 4.98. The van der Waals surface area contributed by atoms with E-state index in [9.17, 15) is 18.0 Å². The van der Waals surface area contributed by atoms with Crippen LogP contribution < -0.4 is 9.62 Å². The molecule has 0 radical (unpaired) electrons. The quantitative estimate of drug-likeness (QED) is 0.380. The first-order valence-corrected chi connectivity index (χ1v) is 14.5. The van der Waals surface area contributed by atoms with Crippen molar-refractivity contribution in [1.29, 1.82) is 0 Å². The summed E-state index contributed by atoms with van der Waals surface area (Å²) >= 11 is 9.45. The van der Waals surface area contributed by atoms with Gasteiger partial charge in [0.2, 0.25) is 21.8 Å². The molecule has 0 saturated carbocycles. The van der Waals surface area contributed by atoms with Crippen LogP contribution in [0.2, 0.25) is 5.02 Å². The Morgan fingerprint density at radius 3 is 2.34 bits per heavy atom. The summed E-state index contributed by atoms with van der Waals surface area (Å²) in [5.74, 6) is -0.444. The highest BCUT2D eigenvalue weighted by atomic mass is 79.9. The van der Waals surface area contributed by atoms with E-state index in [-0.39, 0.29) is 43.8 Å². The van der Waals surface area contributed by atoms with Gasteiger partial charge in [-0.05, 0) is 62.6 Å². The van der Waals surface area contributed by atoms with E-state index in [0.29, 0.717) is 10.7 Å². The van der Waals surface area contributed by atoms with Gasteiger partial charge in [0, 0.05) is 35.0 Å². The van der Waals surface area contributed by atoms with Crippen LogP contribution >= 0.6 is 27.5 Å². The normalized spacial score (nSPS) is 13.1. The van der Waals surface area contributed by atoms with E-state index in [2.05, 4.69) is 21.2 Å². The van der Waals surface area contributed by atoms with Crippen molar-refractivity contribution in [2.24, 2.45) is 0 Å². The zero-order valence-corrected chi connectivity index (χ0v) is 23.7. The molecule has 7 nitrogen and oxygen atoms in total. The van der Waals surface area contributed by atoms with E-state index in [1.807, 2.05) is 38.1 Å². The summed E-state index contributed by atoms with van der Waals surface area (Å²) in [7, 11) is -3.57. The molecule has 0 fully saturated rings. The molecule has 2 rings (SSSR count). The molecule has 2 amide bonds. The molecule has 2 atom stereocenters. The number of hydrogen-bond acceptors (Lipinski definition) is 4. The molecule has 0 spiro atoms. The van der Waals surface area contributed by atoms with Crippen LogP contribution in [0.3, 0.4) is 0 Å². The number of halogens is 2. The summed E-state index contributed by atoms with van der Waals surface area (Å²) in [4.78, 5) is 27.7. The number of rotatable bonds is 12. The second-order valence-electron chi connectivity index (χ2n) is 8.56. The number of benzene rings is 2. The monoisotopic (exact) mass is 585 g/mol. The molecular weight excluding hydrogens is 554 g/mol. The minimum atomic E-state index is -3.57. The molecule has 0 aliphatic carbocycles. The van der Waals surface area contributed by atoms with Crippen LogP contribution in [-0.2, 0) is 26.2 Å². The van der Waals surface area contributed by atoms with Crippen molar-refractivity contribution in [3.63, 3.8) is 0 Å². The molecule has 0 aromatic heterocycles. The molecule has 2 aromatic carbocycles. The third-order valence-electron chi connectivity index (χ3n) is 5.68. The summed E-state index contributed by atoms with van der Waals surface area (Å²) in [5, 5.41) is 3.37. The Balaban J connectivity index is 2.16. The standard InChI is InChI=1S/C25H33BrClN3O4S/c1-5-18(2)28-25(32)19(3)29(17-20-11-13-21(26)14-12-20)24(31)10-7-15-30(35(4,33)34)23-9-6-8-22(27)16-23/h6,8-9,11-14,16,18-19H,5,7,10,15,17H2,1-4H3,(H,28,32)/t18-,19+/m1/s1. The Morgan fingerprint density at radius 1 is 1.11 bits per heavy atom. The van der Waals surface area contributed by atoms with Gasteiger partial charge in [0.25, 0.3) is 0 Å². The molecule has 192 valence electrons. The second kappa shape index (κ2) is 13.3. The lowest BCUT2D eigenvalue weighted by Crippen LogP contribution is -2.49. The van der Waals surface area contributed by atoms with Crippen LogP contribution in [0.1, 0.15) is 45.6 Å². The average Bonchev–Trinajstić information content (AvgIpc) is 2.79. The van der Waals surface area contributed by atoms with Gasteiger partial charge in [-0.3, -0.25) is 13.9 Å². The van der Waals surface area contributed by atoms with E-state index in [1.54, 1.807) is 36.1 Å². The first-order valence-electron chi connectivity index (χ1n) is 11.5. The first kappa shape index (κ1) is 29.1. The average molecular weight is 587 g/mol. The van der Waals surface area contributed by atoms with Crippen LogP contribution in [0.15, 0.2) is 53.0 Å². The maximum atomic E-state index is 13.3. The molecule has 10 heteroatoms. The fourth-order valence-electron chi connectivity index (χ4n) is 3.47. The highest BCUT2D eigenvalue weighted by Crippen LogP contribution is 2.23. The Labute approximate surface area is 222 Å². The minimum Gasteiger partial charge on any atom is -0.352 e. The van der Waals surface area contributed by atoms with Crippen molar-refractivity contribution >= 4 is 55.1 Å². The zero-order chi connectivity index (χ0) is 26.2. The maximum Gasteiger partial charge on any atom is 0.242 e. The van der Waals surface area contributed by atoms with E-state index < -0.39 is 16.1 Å². The van der Waals surface area contributed by atoms with Gasteiger partial charge in [-0.2, -0.15) is 0 Å². The van der Waals surface area contributed by atoms with E-state index >= 15 is 0 Å².